The van der Waals surface area contributed by atoms with Gasteiger partial charge in [0.15, 0.2) is 0 Å². The molecule has 184 valence electrons. The number of alkyl halides is 2. The van der Waals surface area contributed by atoms with Gasteiger partial charge in [0.2, 0.25) is 0 Å². The van der Waals surface area contributed by atoms with Gasteiger partial charge in [0.05, 0.1) is 25.3 Å². The summed E-state index contributed by atoms with van der Waals surface area (Å²) in [6.45, 7) is 3.55. The Morgan fingerprint density at radius 2 is 1.94 bits per heavy atom. The molecule has 3 atom stereocenters. The maximum atomic E-state index is 13.0. The highest BCUT2D eigenvalue weighted by Crippen LogP contribution is 2.48. The van der Waals surface area contributed by atoms with E-state index in [0.29, 0.717) is 31.6 Å². The van der Waals surface area contributed by atoms with Gasteiger partial charge in [0, 0.05) is 38.3 Å². The van der Waals surface area contributed by atoms with E-state index in [4.69, 9.17) is 14.6 Å². The van der Waals surface area contributed by atoms with Crippen LogP contribution in [0.3, 0.4) is 0 Å². The van der Waals surface area contributed by atoms with Crippen molar-refractivity contribution in [2.24, 2.45) is 5.92 Å². The van der Waals surface area contributed by atoms with Crippen molar-refractivity contribution >= 4 is 11.6 Å². The molecule has 0 bridgehead atoms. The largest absolute Gasteiger partial charge is 0.491 e. The average molecular weight is 475 g/mol. The van der Waals surface area contributed by atoms with Crippen LogP contribution >= 0.6 is 0 Å². The van der Waals surface area contributed by atoms with E-state index in [1.165, 1.54) is 0 Å². The number of rotatable bonds is 12. The predicted octanol–water partition coefficient (Wildman–Crippen LogP) is 4.61. The normalized spacial score (nSPS) is 21.8. The second-order valence-corrected chi connectivity index (χ2v) is 9.24. The summed E-state index contributed by atoms with van der Waals surface area (Å²) >= 11 is 0. The molecule has 1 N–H and O–H groups in total. The lowest BCUT2D eigenvalue weighted by atomic mass is 9.94. The number of unbranched alkanes of at least 4 members (excludes halogenated alkanes) is 1. The molecule has 1 saturated heterocycles. The topological polar surface area (TPSA) is 71.9 Å². The highest BCUT2D eigenvalue weighted by Gasteiger charge is 2.57. The number of ether oxygens (including phenoxy) is 2. The molecule has 0 spiro atoms. The number of carbonyl (C=O) groups is 1. The smallest absolute Gasteiger partial charge is 0.255 e. The van der Waals surface area contributed by atoms with Gasteiger partial charge in [-0.25, -0.2) is 13.8 Å². The summed E-state index contributed by atoms with van der Waals surface area (Å²) in [4.78, 5) is 18.9. The summed E-state index contributed by atoms with van der Waals surface area (Å²) in [6.07, 6.45) is 4.21. The van der Waals surface area contributed by atoms with E-state index in [9.17, 15) is 13.6 Å². The number of Topliss-reactive ketones (excluding diaryl/α,β-unsaturated/α-hetero) is 1. The Balaban J connectivity index is 1.23. The van der Waals surface area contributed by atoms with Gasteiger partial charge in [-0.15, -0.1) is 0 Å². The first-order valence-corrected chi connectivity index (χ1v) is 12.0. The van der Waals surface area contributed by atoms with Crippen LogP contribution in [0.5, 0.6) is 11.5 Å². The van der Waals surface area contributed by atoms with E-state index >= 15 is 0 Å². The van der Waals surface area contributed by atoms with E-state index in [1.807, 2.05) is 37.3 Å². The number of halogens is 2. The number of hydrogen-bond acceptors (Lipinski definition) is 6. The van der Waals surface area contributed by atoms with Crippen molar-refractivity contribution in [3.63, 3.8) is 0 Å². The summed E-state index contributed by atoms with van der Waals surface area (Å²) < 4.78 is 37.5. The third-order valence-electron chi connectivity index (χ3n) is 6.59. The van der Waals surface area contributed by atoms with Gasteiger partial charge < -0.3 is 19.5 Å². The number of carbonyl (C=O) groups excluding carboxylic acids is 1. The quantitative estimate of drug-likeness (QED) is 0.453. The number of pyridine rings is 1. The van der Waals surface area contributed by atoms with Crippen LogP contribution in [0, 0.1) is 5.92 Å². The fourth-order valence-electron chi connectivity index (χ4n) is 4.17. The van der Waals surface area contributed by atoms with Crippen molar-refractivity contribution in [3.8, 4) is 11.5 Å². The molecule has 1 aliphatic carbocycles. The van der Waals surface area contributed by atoms with Crippen LogP contribution in [0.4, 0.5) is 14.6 Å². The molecule has 4 rings (SSSR count). The number of aliphatic hydroxyl groups is 1. The molecule has 1 aromatic carbocycles. The van der Waals surface area contributed by atoms with Gasteiger partial charge in [0.25, 0.3) is 5.92 Å². The molecular formula is C26H32F2N2O4. The molecule has 0 amide bonds. The van der Waals surface area contributed by atoms with Gasteiger partial charge in [-0.3, -0.25) is 4.79 Å². The highest BCUT2D eigenvalue weighted by atomic mass is 19.3. The van der Waals surface area contributed by atoms with Crippen molar-refractivity contribution in [2.45, 2.75) is 57.0 Å². The van der Waals surface area contributed by atoms with E-state index in [-0.39, 0.29) is 37.4 Å². The van der Waals surface area contributed by atoms with Crippen molar-refractivity contribution in [3.05, 3.63) is 48.2 Å². The Kier molecular flexibility index (Phi) is 7.66. The van der Waals surface area contributed by atoms with Crippen LogP contribution in [-0.4, -0.2) is 54.2 Å². The lowest BCUT2D eigenvalue weighted by Gasteiger charge is -2.19. The number of nitrogens with zero attached hydrogens (tertiary/aromatic N) is 2. The van der Waals surface area contributed by atoms with E-state index in [1.54, 1.807) is 12.3 Å². The van der Waals surface area contributed by atoms with Crippen molar-refractivity contribution in [1.29, 1.82) is 0 Å². The zero-order valence-electron chi connectivity index (χ0n) is 19.5. The second kappa shape index (κ2) is 10.7. The van der Waals surface area contributed by atoms with Crippen LogP contribution in [0.15, 0.2) is 42.6 Å². The minimum Gasteiger partial charge on any atom is -0.491 e. The van der Waals surface area contributed by atoms with Crippen molar-refractivity contribution < 1.29 is 28.2 Å². The van der Waals surface area contributed by atoms with Gasteiger partial charge in [-0.2, -0.15) is 0 Å². The molecule has 2 heterocycles. The fourth-order valence-corrected chi connectivity index (χ4v) is 4.17. The minimum atomic E-state index is -2.57. The Bertz CT molecular complexity index is 952. The molecule has 0 radical (unpaired) electrons. The van der Waals surface area contributed by atoms with Crippen LogP contribution in [0.2, 0.25) is 0 Å². The molecule has 1 saturated carbocycles. The van der Waals surface area contributed by atoms with Crippen molar-refractivity contribution in [2.75, 3.05) is 31.2 Å². The first-order chi connectivity index (χ1) is 16.4. The first-order valence-electron chi connectivity index (χ1n) is 12.0. The maximum absolute atomic E-state index is 13.0. The summed E-state index contributed by atoms with van der Waals surface area (Å²) in [5.74, 6) is -1.17. The maximum Gasteiger partial charge on any atom is 0.255 e. The summed E-state index contributed by atoms with van der Waals surface area (Å²) in [5.41, 5.74) is 0.964. The van der Waals surface area contributed by atoms with E-state index < -0.39 is 11.8 Å². The molecular weight excluding hydrogens is 442 g/mol. The number of hydrogen-bond donors (Lipinski definition) is 1. The zero-order chi connectivity index (χ0) is 24.1. The third kappa shape index (κ3) is 6.23. The molecule has 6 nitrogen and oxygen atoms in total. The molecule has 2 unspecified atom stereocenters. The first kappa shape index (κ1) is 24.4. The predicted molar refractivity (Wildman–Crippen MR) is 125 cm³/mol. The van der Waals surface area contributed by atoms with Gasteiger partial charge >= 0.3 is 0 Å². The summed E-state index contributed by atoms with van der Waals surface area (Å²) in [6, 6.07) is 11.3. The third-order valence-corrected chi connectivity index (χ3v) is 6.59. The van der Waals surface area contributed by atoms with Crippen LogP contribution in [0.25, 0.3) is 0 Å². The Hall–Kier alpha value is -2.74. The molecule has 2 aliphatic rings. The molecule has 1 aromatic heterocycles. The van der Waals surface area contributed by atoms with Crippen LogP contribution < -0.4 is 14.4 Å². The fraction of sp³-hybridized carbons (Fsp3) is 0.538. The van der Waals surface area contributed by atoms with Crippen molar-refractivity contribution in [1.82, 2.24) is 4.98 Å². The Morgan fingerprint density at radius 1 is 1.21 bits per heavy atom. The average Bonchev–Trinajstić information content (AvgIpc) is 3.21. The Labute approximate surface area is 198 Å². The number of ketones is 1. The Morgan fingerprint density at radius 3 is 2.59 bits per heavy atom. The monoisotopic (exact) mass is 474 g/mol. The SMILES string of the molecule is CC(C(=O)CCCCO)c1ccc(O[C@@H]2CCN(c3ccc(OCC4CC4(F)F)cn3)C2)cc1. The second-order valence-electron chi connectivity index (χ2n) is 9.24. The lowest BCUT2D eigenvalue weighted by Crippen LogP contribution is -2.25. The van der Waals surface area contributed by atoms with Crippen LogP contribution in [0.1, 0.15) is 50.5 Å². The highest BCUT2D eigenvalue weighted by molar-refractivity contribution is 5.85. The zero-order valence-corrected chi connectivity index (χ0v) is 19.5. The van der Waals surface area contributed by atoms with Gasteiger partial charge in [-0.1, -0.05) is 19.1 Å². The lowest BCUT2D eigenvalue weighted by molar-refractivity contribution is -0.120. The number of aliphatic hydroxyl groups excluding tert-OH is 1. The number of aromatic nitrogens is 1. The number of anilines is 1. The minimum absolute atomic E-state index is 0.0170. The number of benzene rings is 1. The molecule has 2 aromatic rings. The standard InChI is InChI=1S/C26H32F2N2O4/c1-18(24(32)4-2-3-13-31)19-5-7-21(8-6-19)34-23-11-12-30(16-23)25-10-9-22(15-29-25)33-17-20-14-26(20,27)28/h5-10,15,18,20,23,31H,2-4,11-14,16-17H2,1H3/t18?,20?,23-/m1/s1. The molecule has 1 aliphatic heterocycles. The van der Waals surface area contributed by atoms with Gasteiger partial charge in [-0.05, 0) is 42.7 Å². The van der Waals surface area contributed by atoms with Gasteiger partial charge in [0.1, 0.15) is 29.2 Å². The molecule has 2 fully saturated rings. The molecule has 34 heavy (non-hydrogen) atoms. The summed E-state index contributed by atoms with van der Waals surface area (Å²) in [7, 11) is 0. The van der Waals surface area contributed by atoms with E-state index in [0.717, 1.165) is 30.1 Å². The summed E-state index contributed by atoms with van der Waals surface area (Å²) in [5, 5.41) is 8.87. The van der Waals surface area contributed by atoms with Crippen LogP contribution in [-0.2, 0) is 4.79 Å². The molecule has 8 heteroatoms. The van der Waals surface area contributed by atoms with E-state index in [2.05, 4.69) is 9.88 Å².